The molecule has 0 amide bonds. The van der Waals surface area contributed by atoms with Crippen molar-refractivity contribution in [3.8, 4) is 5.82 Å². The molecule has 3 aromatic rings. The van der Waals surface area contributed by atoms with Gasteiger partial charge in [-0.1, -0.05) is 0 Å². The number of imidazole rings is 1. The molecule has 0 aliphatic rings. The lowest BCUT2D eigenvalue weighted by Gasteiger charge is -2.14. The number of rotatable bonds is 4. The predicted molar refractivity (Wildman–Crippen MR) is 90.2 cm³/mol. The van der Waals surface area contributed by atoms with Crippen molar-refractivity contribution in [2.45, 2.75) is 19.9 Å². The molecule has 0 aliphatic carbocycles. The van der Waals surface area contributed by atoms with Crippen molar-refractivity contribution in [2.24, 2.45) is 0 Å². The summed E-state index contributed by atoms with van der Waals surface area (Å²) in [7, 11) is 0. The highest BCUT2D eigenvalue weighted by Crippen LogP contribution is 2.29. The Morgan fingerprint density at radius 2 is 2.10 bits per heavy atom. The van der Waals surface area contributed by atoms with E-state index in [-0.39, 0.29) is 6.04 Å². The van der Waals surface area contributed by atoms with Crippen molar-refractivity contribution in [1.29, 1.82) is 0 Å². The minimum atomic E-state index is 0.254. The molecule has 6 heteroatoms. The van der Waals surface area contributed by atoms with Crippen molar-refractivity contribution in [3.05, 3.63) is 57.3 Å². The minimum Gasteiger partial charge on any atom is -0.376 e. The van der Waals surface area contributed by atoms with Crippen LogP contribution in [0, 0.1) is 6.92 Å². The van der Waals surface area contributed by atoms with Crippen molar-refractivity contribution >= 4 is 33.0 Å². The van der Waals surface area contributed by atoms with Crippen LogP contribution in [0.15, 0.2) is 46.6 Å². The smallest absolute Gasteiger partial charge is 0.138 e. The first-order valence-corrected chi connectivity index (χ1v) is 8.22. The predicted octanol–water partition coefficient (Wildman–Crippen LogP) is 4.57. The Morgan fingerprint density at radius 1 is 1.24 bits per heavy atom. The lowest BCUT2D eigenvalue weighted by Crippen LogP contribution is -2.06. The van der Waals surface area contributed by atoms with E-state index in [1.54, 1.807) is 17.5 Å². The molecule has 3 heterocycles. The second-order valence-electron chi connectivity index (χ2n) is 4.76. The molecule has 0 fully saturated rings. The molecule has 0 saturated heterocycles. The molecular formula is C15H15BrN4S. The molecule has 4 nitrogen and oxygen atoms in total. The zero-order valence-electron chi connectivity index (χ0n) is 11.7. The number of halogens is 1. The van der Waals surface area contributed by atoms with Crippen LogP contribution in [-0.4, -0.2) is 14.5 Å². The Morgan fingerprint density at radius 3 is 2.67 bits per heavy atom. The van der Waals surface area contributed by atoms with Gasteiger partial charge in [-0.15, -0.1) is 11.3 Å². The van der Waals surface area contributed by atoms with Crippen LogP contribution in [-0.2, 0) is 0 Å². The summed E-state index contributed by atoms with van der Waals surface area (Å²) in [4.78, 5) is 9.99. The minimum absolute atomic E-state index is 0.254. The molecular weight excluding hydrogens is 348 g/mol. The normalized spacial score (nSPS) is 12.3. The summed E-state index contributed by atoms with van der Waals surface area (Å²) in [6.45, 7) is 4.11. The van der Waals surface area contributed by atoms with Gasteiger partial charge in [0.15, 0.2) is 0 Å². The number of nitrogens with one attached hydrogen (secondary N) is 1. The molecule has 1 unspecified atom stereocenters. The van der Waals surface area contributed by atoms with Crippen LogP contribution in [0.5, 0.6) is 0 Å². The summed E-state index contributed by atoms with van der Waals surface area (Å²) in [6, 6.07) is 8.49. The molecule has 3 aromatic heterocycles. The fraction of sp³-hybridized carbons (Fsp3) is 0.200. The third-order valence-corrected chi connectivity index (χ3v) is 5.03. The van der Waals surface area contributed by atoms with E-state index in [1.165, 1.54) is 4.88 Å². The number of aryl methyl sites for hydroxylation is 1. The van der Waals surface area contributed by atoms with Crippen molar-refractivity contribution in [1.82, 2.24) is 14.5 Å². The summed E-state index contributed by atoms with van der Waals surface area (Å²) in [5.74, 6) is 1.81. The van der Waals surface area contributed by atoms with Crippen molar-refractivity contribution in [3.63, 3.8) is 0 Å². The van der Waals surface area contributed by atoms with Gasteiger partial charge in [-0.3, -0.25) is 4.57 Å². The van der Waals surface area contributed by atoms with E-state index in [9.17, 15) is 0 Å². The Kier molecular flexibility index (Phi) is 4.07. The molecule has 0 spiro atoms. The third kappa shape index (κ3) is 3.16. The van der Waals surface area contributed by atoms with Gasteiger partial charge < -0.3 is 5.32 Å². The highest BCUT2D eigenvalue weighted by Gasteiger charge is 2.08. The highest BCUT2D eigenvalue weighted by molar-refractivity contribution is 9.11. The van der Waals surface area contributed by atoms with Crippen LogP contribution in [0.4, 0.5) is 5.69 Å². The Labute approximate surface area is 136 Å². The Hall–Kier alpha value is -1.66. The second-order valence-corrected chi connectivity index (χ2v) is 7.25. The first-order valence-electron chi connectivity index (χ1n) is 6.61. The molecule has 0 aliphatic heterocycles. The third-order valence-electron chi connectivity index (χ3n) is 3.22. The molecule has 108 valence electrons. The first kappa shape index (κ1) is 14.3. The van der Waals surface area contributed by atoms with Gasteiger partial charge in [0.1, 0.15) is 11.6 Å². The topological polar surface area (TPSA) is 42.7 Å². The summed E-state index contributed by atoms with van der Waals surface area (Å²) in [5.41, 5.74) is 1.01. The maximum Gasteiger partial charge on any atom is 0.138 e. The molecule has 0 saturated carbocycles. The van der Waals surface area contributed by atoms with Crippen LogP contribution in [0.3, 0.4) is 0 Å². The molecule has 1 atom stereocenters. The average Bonchev–Trinajstić information content (AvgIpc) is 3.08. The number of aromatic nitrogens is 3. The van der Waals surface area contributed by atoms with Crippen LogP contribution >= 0.6 is 27.3 Å². The van der Waals surface area contributed by atoms with E-state index in [2.05, 4.69) is 50.3 Å². The molecule has 3 rings (SSSR count). The van der Waals surface area contributed by atoms with Crippen molar-refractivity contribution in [2.75, 3.05) is 5.32 Å². The van der Waals surface area contributed by atoms with Gasteiger partial charge in [0.25, 0.3) is 0 Å². The zero-order valence-corrected chi connectivity index (χ0v) is 14.1. The lowest BCUT2D eigenvalue weighted by atomic mass is 10.2. The Balaban J connectivity index is 1.74. The fourth-order valence-corrected chi connectivity index (χ4v) is 3.54. The van der Waals surface area contributed by atoms with E-state index in [0.29, 0.717) is 0 Å². The number of hydrogen-bond donors (Lipinski definition) is 1. The van der Waals surface area contributed by atoms with Gasteiger partial charge in [0.2, 0.25) is 0 Å². The van der Waals surface area contributed by atoms with Crippen LogP contribution in [0.1, 0.15) is 23.7 Å². The summed E-state index contributed by atoms with van der Waals surface area (Å²) in [5, 5.41) is 3.46. The number of thiophene rings is 1. The maximum atomic E-state index is 4.49. The molecule has 21 heavy (non-hydrogen) atoms. The number of hydrogen-bond acceptors (Lipinski definition) is 4. The standard InChI is InChI=1S/C15H15BrN4S/c1-10(13-4-5-14(16)21-13)19-12-3-6-15(18-9-12)20-8-7-17-11(20)2/h3-10,19H,1-2H3. The number of nitrogens with zero attached hydrogens (tertiary/aromatic N) is 3. The SMILES string of the molecule is Cc1nccn1-c1ccc(NC(C)c2ccc(Br)s2)cn1. The molecule has 0 radical (unpaired) electrons. The molecule has 0 bridgehead atoms. The maximum absolute atomic E-state index is 4.49. The van der Waals surface area contributed by atoms with E-state index in [0.717, 1.165) is 21.1 Å². The van der Waals surface area contributed by atoms with Gasteiger partial charge in [-0.25, -0.2) is 9.97 Å². The van der Waals surface area contributed by atoms with Crippen LogP contribution < -0.4 is 5.32 Å². The monoisotopic (exact) mass is 362 g/mol. The quantitative estimate of drug-likeness (QED) is 0.738. The molecule has 0 aromatic carbocycles. The summed E-state index contributed by atoms with van der Waals surface area (Å²) >= 11 is 5.23. The van der Waals surface area contributed by atoms with E-state index in [1.807, 2.05) is 36.0 Å². The van der Waals surface area contributed by atoms with Gasteiger partial charge in [-0.2, -0.15) is 0 Å². The molecule has 1 N–H and O–H groups in total. The van der Waals surface area contributed by atoms with Gasteiger partial charge in [-0.05, 0) is 54.0 Å². The second kappa shape index (κ2) is 5.99. The van der Waals surface area contributed by atoms with E-state index >= 15 is 0 Å². The average molecular weight is 363 g/mol. The number of pyridine rings is 1. The highest BCUT2D eigenvalue weighted by atomic mass is 79.9. The number of anilines is 1. The summed E-state index contributed by atoms with van der Waals surface area (Å²) in [6.07, 6.45) is 5.55. The summed E-state index contributed by atoms with van der Waals surface area (Å²) < 4.78 is 3.11. The van der Waals surface area contributed by atoms with Crippen molar-refractivity contribution < 1.29 is 0 Å². The van der Waals surface area contributed by atoms with Crippen LogP contribution in [0.25, 0.3) is 5.82 Å². The van der Waals surface area contributed by atoms with Gasteiger partial charge in [0.05, 0.1) is 21.7 Å². The Bertz CT molecular complexity index is 732. The lowest BCUT2D eigenvalue weighted by molar-refractivity contribution is 0.898. The van der Waals surface area contributed by atoms with Gasteiger partial charge >= 0.3 is 0 Å². The largest absolute Gasteiger partial charge is 0.376 e. The first-order chi connectivity index (χ1) is 10.1. The van der Waals surface area contributed by atoms with Crippen LogP contribution in [0.2, 0.25) is 0 Å². The van der Waals surface area contributed by atoms with E-state index in [4.69, 9.17) is 0 Å². The fourth-order valence-electron chi connectivity index (χ4n) is 2.12. The van der Waals surface area contributed by atoms with E-state index < -0.39 is 0 Å². The zero-order chi connectivity index (χ0) is 14.8. The van der Waals surface area contributed by atoms with Gasteiger partial charge in [0, 0.05) is 17.3 Å².